The minimum atomic E-state index is 0.127. The molecule has 1 atom stereocenters. The van der Waals surface area contributed by atoms with Crippen LogP contribution in [0.3, 0.4) is 0 Å². The Morgan fingerprint density at radius 1 is 1.25 bits per heavy atom. The molecule has 0 radical (unpaired) electrons. The molecule has 1 aliphatic heterocycles. The highest BCUT2D eigenvalue weighted by molar-refractivity contribution is 7.12. The van der Waals surface area contributed by atoms with E-state index in [2.05, 4.69) is 28.9 Å². The van der Waals surface area contributed by atoms with E-state index < -0.39 is 0 Å². The molecule has 0 spiro atoms. The van der Waals surface area contributed by atoms with Crippen LogP contribution in [0.5, 0.6) is 0 Å². The number of thiophene rings is 1. The van der Waals surface area contributed by atoms with Crippen molar-refractivity contribution in [1.29, 1.82) is 0 Å². The quantitative estimate of drug-likeness (QED) is 0.818. The van der Waals surface area contributed by atoms with E-state index in [1.807, 2.05) is 0 Å². The van der Waals surface area contributed by atoms with Gasteiger partial charge in [0.2, 0.25) is 0 Å². The van der Waals surface area contributed by atoms with Gasteiger partial charge in [-0.05, 0) is 37.9 Å². The normalized spacial score (nSPS) is 19.6. The highest BCUT2D eigenvalue weighted by Crippen LogP contribution is 2.24. The Kier molecular flexibility index (Phi) is 6.55. The number of hydrogen-bond donors (Lipinski definition) is 2. The SMILES string of the molecule is OCCC#Cc1ccc(CN2CCCCC2CCO)s1. The van der Waals surface area contributed by atoms with Crippen molar-refractivity contribution in [1.82, 2.24) is 4.90 Å². The highest BCUT2D eigenvalue weighted by Gasteiger charge is 2.22. The summed E-state index contributed by atoms with van der Waals surface area (Å²) in [5.74, 6) is 6.05. The number of aliphatic hydroxyl groups is 2. The maximum absolute atomic E-state index is 9.16. The van der Waals surface area contributed by atoms with Gasteiger partial charge in [0.15, 0.2) is 0 Å². The van der Waals surface area contributed by atoms with Crippen LogP contribution in [0.1, 0.15) is 41.9 Å². The fraction of sp³-hybridized carbons (Fsp3) is 0.625. The first-order chi connectivity index (χ1) is 9.83. The van der Waals surface area contributed by atoms with E-state index in [0.29, 0.717) is 12.5 Å². The summed E-state index contributed by atoms with van der Waals surface area (Å²) >= 11 is 1.74. The van der Waals surface area contributed by atoms with Crippen LogP contribution >= 0.6 is 11.3 Å². The maximum atomic E-state index is 9.16. The summed E-state index contributed by atoms with van der Waals surface area (Å²) in [6.45, 7) is 2.51. The predicted octanol–water partition coefficient (Wildman–Crippen LogP) is 2.22. The van der Waals surface area contributed by atoms with Crippen LogP contribution < -0.4 is 0 Å². The first-order valence-corrected chi connectivity index (χ1v) is 8.18. The smallest absolute Gasteiger partial charge is 0.0771 e. The standard InChI is InChI=1S/C16H23NO2S/c18-11-4-2-6-15-7-8-16(20-15)13-17-10-3-1-5-14(17)9-12-19/h7-8,14,18-19H,1,3-5,9-13H2. The largest absolute Gasteiger partial charge is 0.396 e. The summed E-state index contributed by atoms with van der Waals surface area (Å²) in [5.41, 5.74) is 0. The van der Waals surface area contributed by atoms with Crippen LogP contribution in [0.25, 0.3) is 0 Å². The van der Waals surface area contributed by atoms with Gasteiger partial charge >= 0.3 is 0 Å². The second-order valence-electron chi connectivity index (χ2n) is 5.17. The van der Waals surface area contributed by atoms with E-state index in [0.717, 1.165) is 24.4 Å². The van der Waals surface area contributed by atoms with Gasteiger partial charge in [-0.2, -0.15) is 0 Å². The van der Waals surface area contributed by atoms with Crippen molar-refractivity contribution in [2.45, 2.75) is 44.7 Å². The molecule has 20 heavy (non-hydrogen) atoms. The van der Waals surface area contributed by atoms with Gasteiger partial charge in [-0.15, -0.1) is 11.3 Å². The van der Waals surface area contributed by atoms with Crippen LogP contribution in [-0.4, -0.2) is 40.9 Å². The van der Waals surface area contributed by atoms with E-state index >= 15 is 0 Å². The zero-order chi connectivity index (χ0) is 14.2. The summed E-state index contributed by atoms with van der Waals surface area (Å²) < 4.78 is 0. The molecule has 1 saturated heterocycles. The Bertz CT molecular complexity index is 459. The van der Waals surface area contributed by atoms with Gasteiger partial charge < -0.3 is 10.2 Å². The molecule has 0 aliphatic carbocycles. The van der Waals surface area contributed by atoms with Gasteiger partial charge in [0, 0.05) is 30.5 Å². The van der Waals surface area contributed by atoms with Gasteiger partial charge in [0.1, 0.15) is 0 Å². The summed E-state index contributed by atoms with van der Waals surface area (Å²) in [5, 5.41) is 17.9. The molecule has 4 heteroatoms. The Hall–Kier alpha value is -0.860. The third kappa shape index (κ3) is 4.60. The maximum Gasteiger partial charge on any atom is 0.0771 e. The molecule has 110 valence electrons. The molecule has 1 fully saturated rings. The van der Waals surface area contributed by atoms with Gasteiger partial charge in [-0.3, -0.25) is 4.90 Å². The Labute approximate surface area is 125 Å². The molecule has 0 saturated carbocycles. The van der Waals surface area contributed by atoms with Crippen molar-refractivity contribution in [2.24, 2.45) is 0 Å². The fourth-order valence-corrected chi connectivity index (χ4v) is 3.59. The number of piperidine rings is 1. The number of likely N-dealkylation sites (tertiary alicyclic amines) is 1. The second kappa shape index (κ2) is 8.43. The number of hydrogen-bond acceptors (Lipinski definition) is 4. The van der Waals surface area contributed by atoms with Crippen LogP contribution in [0, 0.1) is 11.8 Å². The van der Waals surface area contributed by atoms with Crippen LogP contribution in [-0.2, 0) is 6.54 Å². The molecule has 1 unspecified atom stereocenters. The second-order valence-corrected chi connectivity index (χ2v) is 6.34. The van der Waals surface area contributed by atoms with E-state index in [1.54, 1.807) is 11.3 Å². The molecule has 1 aliphatic rings. The molecular weight excluding hydrogens is 270 g/mol. The summed E-state index contributed by atoms with van der Waals surface area (Å²) in [4.78, 5) is 4.91. The van der Waals surface area contributed by atoms with E-state index in [9.17, 15) is 0 Å². The Morgan fingerprint density at radius 2 is 2.15 bits per heavy atom. The lowest BCUT2D eigenvalue weighted by Gasteiger charge is -2.35. The Balaban J connectivity index is 1.93. The predicted molar refractivity (Wildman–Crippen MR) is 82.7 cm³/mol. The highest BCUT2D eigenvalue weighted by atomic mass is 32.1. The lowest BCUT2D eigenvalue weighted by atomic mass is 9.99. The molecule has 0 amide bonds. The minimum absolute atomic E-state index is 0.127. The van der Waals surface area contributed by atoms with Gasteiger partial charge in [-0.1, -0.05) is 18.3 Å². The van der Waals surface area contributed by atoms with Crippen molar-refractivity contribution in [2.75, 3.05) is 19.8 Å². The van der Waals surface area contributed by atoms with Crippen molar-refractivity contribution < 1.29 is 10.2 Å². The van der Waals surface area contributed by atoms with Crippen molar-refractivity contribution in [3.05, 3.63) is 21.9 Å². The van der Waals surface area contributed by atoms with Crippen LogP contribution in [0.2, 0.25) is 0 Å². The molecule has 2 rings (SSSR count). The number of aliphatic hydroxyl groups excluding tert-OH is 2. The number of rotatable bonds is 5. The van der Waals surface area contributed by atoms with E-state index in [4.69, 9.17) is 10.2 Å². The van der Waals surface area contributed by atoms with Gasteiger partial charge in [-0.25, -0.2) is 0 Å². The molecule has 3 nitrogen and oxygen atoms in total. The molecule has 0 aromatic carbocycles. The first-order valence-electron chi connectivity index (χ1n) is 7.37. The third-order valence-electron chi connectivity index (χ3n) is 3.68. The first kappa shape index (κ1) is 15.5. The van der Waals surface area contributed by atoms with E-state index in [-0.39, 0.29) is 13.2 Å². The number of nitrogens with zero attached hydrogens (tertiary/aromatic N) is 1. The summed E-state index contributed by atoms with van der Waals surface area (Å²) in [6.07, 6.45) is 5.17. The molecule has 2 heterocycles. The monoisotopic (exact) mass is 293 g/mol. The zero-order valence-electron chi connectivity index (χ0n) is 11.8. The lowest BCUT2D eigenvalue weighted by Crippen LogP contribution is -2.39. The van der Waals surface area contributed by atoms with Crippen LogP contribution in [0.4, 0.5) is 0 Å². The summed E-state index contributed by atoms with van der Waals surface area (Å²) in [7, 11) is 0. The van der Waals surface area contributed by atoms with Crippen molar-refractivity contribution in [3.8, 4) is 11.8 Å². The average molecular weight is 293 g/mol. The third-order valence-corrected chi connectivity index (χ3v) is 4.67. The molecule has 1 aromatic rings. The molecule has 2 N–H and O–H groups in total. The molecule has 1 aromatic heterocycles. The fourth-order valence-electron chi connectivity index (χ4n) is 2.68. The van der Waals surface area contributed by atoms with Crippen molar-refractivity contribution >= 4 is 11.3 Å². The Morgan fingerprint density at radius 3 is 2.95 bits per heavy atom. The topological polar surface area (TPSA) is 43.7 Å². The van der Waals surface area contributed by atoms with E-state index in [1.165, 1.54) is 24.1 Å². The minimum Gasteiger partial charge on any atom is -0.396 e. The molecule has 0 bridgehead atoms. The molecular formula is C16H23NO2S. The lowest BCUT2D eigenvalue weighted by molar-refractivity contribution is 0.113. The van der Waals surface area contributed by atoms with Gasteiger partial charge in [0.25, 0.3) is 0 Å². The van der Waals surface area contributed by atoms with Crippen molar-refractivity contribution in [3.63, 3.8) is 0 Å². The average Bonchev–Trinajstić information content (AvgIpc) is 2.89. The van der Waals surface area contributed by atoms with Gasteiger partial charge in [0.05, 0.1) is 11.5 Å². The summed E-state index contributed by atoms with van der Waals surface area (Å²) in [6, 6.07) is 4.74. The van der Waals surface area contributed by atoms with Crippen LogP contribution in [0.15, 0.2) is 12.1 Å². The zero-order valence-corrected chi connectivity index (χ0v) is 12.7.